The summed E-state index contributed by atoms with van der Waals surface area (Å²) >= 11 is 5.18. The molecule has 1 heterocycles. The highest BCUT2D eigenvalue weighted by molar-refractivity contribution is 7.80. The second-order valence-electron chi connectivity index (χ2n) is 5.39. The number of amides is 1. The van der Waals surface area contributed by atoms with Gasteiger partial charge in [-0.15, -0.1) is 0 Å². The molecule has 1 aromatic heterocycles. The second kappa shape index (κ2) is 9.40. The van der Waals surface area contributed by atoms with E-state index in [2.05, 4.69) is 10.6 Å². The summed E-state index contributed by atoms with van der Waals surface area (Å²) in [6.07, 6.45) is 1.42. The van der Waals surface area contributed by atoms with E-state index in [-0.39, 0.29) is 10.9 Å². The first-order valence-electron chi connectivity index (χ1n) is 8.28. The fourth-order valence-electron chi connectivity index (χ4n) is 2.25. The van der Waals surface area contributed by atoms with Gasteiger partial charge in [0.25, 0.3) is 5.91 Å². The number of nitrogens with one attached hydrogen (secondary N) is 2. The van der Waals surface area contributed by atoms with Crippen molar-refractivity contribution < 1.29 is 18.7 Å². The Hall–Kier alpha value is -3.32. The lowest BCUT2D eigenvalue weighted by Gasteiger charge is -2.14. The number of ether oxygens (including phenoxy) is 2. The molecule has 7 heteroatoms. The Labute approximate surface area is 162 Å². The zero-order chi connectivity index (χ0) is 18.9. The molecule has 2 N–H and O–H groups in total. The Kier molecular flexibility index (Phi) is 6.43. The maximum atomic E-state index is 12.0. The zero-order valence-corrected chi connectivity index (χ0v) is 15.2. The SMILES string of the molecule is O=C(NC(=S)Nc1ccccc1OCCOc1ccccc1)c1ccco1. The van der Waals surface area contributed by atoms with Crippen LogP contribution in [0.25, 0.3) is 0 Å². The van der Waals surface area contributed by atoms with E-state index in [0.717, 1.165) is 5.75 Å². The van der Waals surface area contributed by atoms with Crippen LogP contribution in [-0.4, -0.2) is 24.2 Å². The number of anilines is 1. The van der Waals surface area contributed by atoms with E-state index in [1.165, 1.54) is 6.26 Å². The normalized spacial score (nSPS) is 10.1. The summed E-state index contributed by atoms with van der Waals surface area (Å²) < 4.78 is 16.4. The first-order chi connectivity index (χ1) is 13.2. The van der Waals surface area contributed by atoms with Crippen molar-refractivity contribution in [1.29, 1.82) is 0 Å². The minimum absolute atomic E-state index is 0.146. The van der Waals surface area contributed by atoms with Gasteiger partial charge in [-0.2, -0.15) is 0 Å². The van der Waals surface area contributed by atoms with Gasteiger partial charge in [0.1, 0.15) is 24.7 Å². The molecule has 0 spiro atoms. The quantitative estimate of drug-likeness (QED) is 0.477. The van der Waals surface area contributed by atoms with Crippen LogP contribution in [0.4, 0.5) is 5.69 Å². The largest absolute Gasteiger partial charge is 0.490 e. The fourth-order valence-corrected chi connectivity index (χ4v) is 2.45. The molecule has 0 bridgehead atoms. The molecule has 3 aromatic rings. The molecule has 0 aliphatic rings. The number of furan rings is 1. The summed E-state index contributed by atoms with van der Waals surface area (Å²) in [6.45, 7) is 0.761. The van der Waals surface area contributed by atoms with Gasteiger partial charge in [-0.05, 0) is 48.6 Å². The third kappa shape index (κ3) is 5.58. The first-order valence-corrected chi connectivity index (χ1v) is 8.69. The molecule has 3 rings (SSSR count). The molecular weight excluding hydrogens is 364 g/mol. The number of thiocarbonyl (C=S) groups is 1. The summed E-state index contributed by atoms with van der Waals surface area (Å²) in [6, 6.07) is 20.0. The van der Waals surface area contributed by atoms with Crippen LogP contribution in [0.15, 0.2) is 77.4 Å². The van der Waals surface area contributed by atoms with E-state index in [4.69, 9.17) is 26.1 Å². The predicted octanol–water partition coefficient (Wildman–Crippen LogP) is 3.86. The lowest BCUT2D eigenvalue weighted by atomic mass is 10.3. The average molecular weight is 382 g/mol. The van der Waals surface area contributed by atoms with E-state index in [1.807, 2.05) is 48.5 Å². The fraction of sp³-hybridized carbons (Fsp3) is 0.100. The molecule has 0 aliphatic heterocycles. The van der Waals surface area contributed by atoms with Gasteiger partial charge in [-0.3, -0.25) is 10.1 Å². The van der Waals surface area contributed by atoms with Crippen LogP contribution in [0.2, 0.25) is 0 Å². The highest BCUT2D eigenvalue weighted by Crippen LogP contribution is 2.23. The van der Waals surface area contributed by atoms with Gasteiger partial charge >= 0.3 is 0 Å². The van der Waals surface area contributed by atoms with Crippen LogP contribution in [-0.2, 0) is 0 Å². The Balaban J connectivity index is 1.51. The molecule has 6 nitrogen and oxygen atoms in total. The lowest BCUT2D eigenvalue weighted by molar-refractivity contribution is 0.0950. The van der Waals surface area contributed by atoms with Crippen molar-refractivity contribution in [1.82, 2.24) is 5.32 Å². The molecule has 0 aliphatic carbocycles. The number of carbonyl (C=O) groups is 1. The van der Waals surface area contributed by atoms with Gasteiger partial charge in [-0.25, -0.2) is 0 Å². The molecule has 27 heavy (non-hydrogen) atoms. The molecule has 0 unspecified atom stereocenters. The van der Waals surface area contributed by atoms with E-state index >= 15 is 0 Å². The number of rotatable bonds is 7. The van der Waals surface area contributed by atoms with Crippen molar-refractivity contribution >= 4 is 28.9 Å². The maximum absolute atomic E-state index is 12.0. The minimum atomic E-state index is -0.424. The van der Waals surface area contributed by atoms with Crippen LogP contribution in [0, 0.1) is 0 Å². The number of hydrogen-bond donors (Lipinski definition) is 2. The zero-order valence-electron chi connectivity index (χ0n) is 14.4. The predicted molar refractivity (Wildman–Crippen MR) is 106 cm³/mol. The van der Waals surface area contributed by atoms with Crippen LogP contribution >= 0.6 is 12.2 Å². The maximum Gasteiger partial charge on any atom is 0.293 e. The van der Waals surface area contributed by atoms with Crippen LogP contribution in [0.5, 0.6) is 11.5 Å². The van der Waals surface area contributed by atoms with Gasteiger partial charge in [-0.1, -0.05) is 30.3 Å². The topological polar surface area (TPSA) is 72.7 Å². The molecule has 0 fully saturated rings. The van der Waals surface area contributed by atoms with E-state index in [0.29, 0.717) is 24.7 Å². The third-order valence-corrected chi connectivity index (χ3v) is 3.66. The molecular formula is C20H18N2O4S. The van der Waals surface area contributed by atoms with Crippen molar-refractivity contribution in [3.8, 4) is 11.5 Å². The smallest absolute Gasteiger partial charge is 0.293 e. The van der Waals surface area contributed by atoms with Crippen molar-refractivity contribution in [3.63, 3.8) is 0 Å². The van der Waals surface area contributed by atoms with Crippen molar-refractivity contribution in [2.24, 2.45) is 0 Å². The number of hydrogen-bond acceptors (Lipinski definition) is 5. The second-order valence-corrected chi connectivity index (χ2v) is 5.80. The summed E-state index contributed by atoms with van der Waals surface area (Å²) in [7, 11) is 0. The summed E-state index contributed by atoms with van der Waals surface area (Å²) in [4.78, 5) is 12.0. The molecule has 138 valence electrons. The van der Waals surface area contributed by atoms with E-state index in [9.17, 15) is 4.79 Å². The van der Waals surface area contributed by atoms with Crippen molar-refractivity contribution in [2.45, 2.75) is 0 Å². The van der Waals surface area contributed by atoms with Gasteiger partial charge < -0.3 is 19.2 Å². The number of benzene rings is 2. The number of carbonyl (C=O) groups excluding carboxylic acids is 1. The molecule has 0 saturated heterocycles. The van der Waals surface area contributed by atoms with E-state index < -0.39 is 5.91 Å². The number of para-hydroxylation sites is 3. The Morgan fingerprint density at radius 1 is 0.926 bits per heavy atom. The average Bonchev–Trinajstić information content (AvgIpc) is 3.22. The molecule has 2 aromatic carbocycles. The van der Waals surface area contributed by atoms with Gasteiger partial charge in [0.05, 0.1) is 12.0 Å². The molecule has 0 saturated carbocycles. The molecule has 0 radical (unpaired) electrons. The van der Waals surface area contributed by atoms with Crippen LogP contribution in [0.3, 0.4) is 0 Å². The standard InChI is InChI=1S/C20H18N2O4S/c23-19(18-11-6-12-25-18)22-20(27)21-16-9-4-5-10-17(16)26-14-13-24-15-7-2-1-3-8-15/h1-12H,13-14H2,(H2,21,22,23,27). The van der Waals surface area contributed by atoms with Crippen molar-refractivity contribution in [2.75, 3.05) is 18.5 Å². The Morgan fingerprint density at radius 2 is 1.67 bits per heavy atom. The molecule has 1 amide bonds. The summed E-state index contributed by atoms with van der Waals surface area (Å²) in [5.41, 5.74) is 0.641. The van der Waals surface area contributed by atoms with Gasteiger partial charge in [0.2, 0.25) is 0 Å². The van der Waals surface area contributed by atoms with E-state index in [1.54, 1.807) is 18.2 Å². The van der Waals surface area contributed by atoms with Gasteiger partial charge in [0.15, 0.2) is 10.9 Å². The Morgan fingerprint density at radius 3 is 2.44 bits per heavy atom. The summed E-state index contributed by atoms with van der Waals surface area (Å²) in [5, 5.41) is 5.65. The summed E-state index contributed by atoms with van der Waals surface area (Å²) in [5.74, 6) is 1.15. The highest BCUT2D eigenvalue weighted by Gasteiger charge is 2.11. The monoisotopic (exact) mass is 382 g/mol. The third-order valence-electron chi connectivity index (χ3n) is 3.46. The lowest BCUT2D eigenvalue weighted by Crippen LogP contribution is -2.34. The first kappa shape index (κ1) is 18.5. The molecule has 0 atom stereocenters. The highest BCUT2D eigenvalue weighted by atomic mass is 32.1. The Bertz CT molecular complexity index is 882. The van der Waals surface area contributed by atoms with Crippen LogP contribution < -0.4 is 20.1 Å². The van der Waals surface area contributed by atoms with Gasteiger partial charge in [0, 0.05) is 0 Å². The minimum Gasteiger partial charge on any atom is -0.490 e. The van der Waals surface area contributed by atoms with Crippen molar-refractivity contribution in [3.05, 3.63) is 78.8 Å². The van der Waals surface area contributed by atoms with Crippen LogP contribution in [0.1, 0.15) is 10.6 Å².